The average molecular weight is 513 g/mol. The van der Waals surface area contributed by atoms with E-state index in [-0.39, 0.29) is 36.0 Å². The number of likely N-dealkylation sites (N-methyl/N-ethyl adjacent to an activating group) is 1. The zero-order chi connectivity index (χ0) is 26.9. The van der Waals surface area contributed by atoms with Gasteiger partial charge in [-0.05, 0) is 24.5 Å². The third kappa shape index (κ3) is 8.91. The van der Waals surface area contributed by atoms with Gasteiger partial charge in [-0.25, -0.2) is 9.78 Å². The van der Waals surface area contributed by atoms with Crippen molar-refractivity contribution in [1.82, 2.24) is 14.8 Å². The Hall–Kier alpha value is -3.54. The van der Waals surface area contributed by atoms with Crippen molar-refractivity contribution in [2.75, 3.05) is 33.8 Å². The van der Waals surface area contributed by atoms with Gasteiger partial charge in [0.25, 0.3) is 5.91 Å². The minimum absolute atomic E-state index is 0.0203. The summed E-state index contributed by atoms with van der Waals surface area (Å²) >= 11 is 0. The summed E-state index contributed by atoms with van der Waals surface area (Å²) in [6.07, 6.45) is -2.56. The number of benzene rings is 1. The normalized spacial score (nSPS) is 17.6. The van der Waals surface area contributed by atoms with Crippen LogP contribution in [0.4, 0.5) is 17.6 Å². The fourth-order valence-electron chi connectivity index (χ4n) is 3.55. The van der Waals surface area contributed by atoms with E-state index in [0.29, 0.717) is 19.5 Å². The van der Waals surface area contributed by atoms with Crippen molar-refractivity contribution in [3.63, 3.8) is 0 Å². The molecule has 196 valence electrons. The fraction of sp³-hybridized carbons (Fsp3) is 0.417. The minimum atomic E-state index is -5.08. The number of aliphatic carboxylic acids is 1. The maximum atomic E-state index is 13.4. The van der Waals surface area contributed by atoms with Crippen LogP contribution in [0.5, 0.6) is 0 Å². The van der Waals surface area contributed by atoms with Crippen molar-refractivity contribution < 1.29 is 41.8 Å². The van der Waals surface area contributed by atoms with Crippen molar-refractivity contribution >= 4 is 17.8 Å². The van der Waals surface area contributed by atoms with Gasteiger partial charge in [0.1, 0.15) is 6.61 Å². The Morgan fingerprint density at radius 2 is 1.81 bits per heavy atom. The van der Waals surface area contributed by atoms with E-state index in [9.17, 15) is 27.2 Å². The Labute approximate surface area is 205 Å². The van der Waals surface area contributed by atoms with Crippen LogP contribution in [0, 0.1) is 11.9 Å². The number of pyridine rings is 1. The van der Waals surface area contributed by atoms with Crippen LogP contribution in [0.15, 0.2) is 48.7 Å². The van der Waals surface area contributed by atoms with E-state index in [1.54, 1.807) is 19.0 Å². The van der Waals surface area contributed by atoms with Crippen molar-refractivity contribution in [3.8, 4) is 0 Å². The average Bonchev–Trinajstić information content (AvgIpc) is 2.83. The van der Waals surface area contributed by atoms with Crippen molar-refractivity contribution in [1.29, 1.82) is 0 Å². The van der Waals surface area contributed by atoms with Gasteiger partial charge in [0, 0.05) is 50.9 Å². The molecule has 1 aliphatic heterocycles. The highest BCUT2D eigenvalue weighted by Gasteiger charge is 2.38. The van der Waals surface area contributed by atoms with Crippen molar-refractivity contribution in [2.45, 2.75) is 25.1 Å². The van der Waals surface area contributed by atoms with E-state index in [2.05, 4.69) is 4.98 Å². The van der Waals surface area contributed by atoms with E-state index >= 15 is 0 Å². The summed E-state index contributed by atoms with van der Waals surface area (Å²) in [7, 11) is 3.39. The van der Waals surface area contributed by atoms with Crippen LogP contribution in [-0.2, 0) is 20.7 Å². The number of halogens is 4. The van der Waals surface area contributed by atoms with Gasteiger partial charge in [0.2, 0.25) is 11.9 Å². The Balaban J connectivity index is 0.000000572. The van der Waals surface area contributed by atoms with Crippen LogP contribution in [0.2, 0.25) is 0 Å². The Bertz CT molecular complexity index is 1030. The number of aromatic nitrogens is 1. The Kier molecular flexibility index (Phi) is 10.3. The third-order valence-corrected chi connectivity index (χ3v) is 5.43. The summed E-state index contributed by atoms with van der Waals surface area (Å²) < 4.78 is 51.1. The van der Waals surface area contributed by atoms with Gasteiger partial charge in [-0.15, -0.1) is 0 Å². The summed E-state index contributed by atoms with van der Waals surface area (Å²) in [5.41, 5.74) is 1.44. The number of alkyl halides is 3. The van der Waals surface area contributed by atoms with Gasteiger partial charge in [0.15, 0.2) is 0 Å². The number of carboxylic acids is 1. The zero-order valence-electron chi connectivity index (χ0n) is 19.7. The molecule has 1 aromatic heterocycles. The molecule has 2 amide bonds. The lowest BCUT2D eigenvalue weighted by molar-refractivity contribution is -0.192. The second kappa shape index (κ2) is 13.0. The van der Waals surface area contributed by atoms with Crippen LogP contribution in [0.25, 0.3) is 0 Å². The SMILES string of the molecule is CN(C)C(=O)CO[C@@H]1CCN(C(=O)c2ccnc(F)c2)C[C@H]1Cc1ccccc1.O=C(O)C(F)(F)F. The highest BCUT2D eigenvalue weighted by Crippen LogP contribution is 2.25. The Morgan fingerprint density at radius 1 is 1.17 bits per heavy atom. The predicted octanol–water partition coefficient (Wildman–Crippen LogP) is 3.03. The number of amides is 2. The second-order valence-corrected chi connectivity index (χ2v) is 8.30. The summed E-state index contributed by atoms with van der Waals surface area (Å²) in [5, 5.41) is 7.12. The topological polar surface area (TPSA) is 100 Å². The molecule has 1 saturated heterocycles. The number of ether oxygens (including phenoxy) is 1. The van der Waals surface area contributed by atoms with Crippen molar-refractivity contribution in [3.05, 3.63) is 65.7 Å². The zero-order valence-corrected chi connectivity index (χ0v) is 19.7. The first-order valence-electron chi connectivity index (χ1n) is 10.9. The molecule has 2 heterocycles. The predicted molar refractivity (Wildman–Crippen MR) is 120 cm³/mol. The van der Waals surface area contributed by atoms with Gasteiger partial charge in [-0.3, -0.25) is 9.59 Å². The number of hydrogen-bond donors (Lipinski definition) is 1. The van der Waals surface area contributed by atoms with E-state index in [1.165, 1.54) is 17.2 Å². The standard InChI is InChI=1S/C22H26FN3O3.C2HF3O2/c1-25(2)21(27)15-29-19-9-11-26(22(28)17-8-10-24-20(23)13-17)14-18(19)12-16-6-4-3-5-7-16;3-2(4,5)1(6)7/h3-8,10,13,18-19H,9,11-12,14-15H2,1-2H3;(H,6,7)/t18-,19-;/m1./s1. The van der Waals surface area contributed by atoms with Crippen LogP contribution in [-0.4, -0.2) is 83.7 Å². The van der Waals surface area contributed by atoms with Gasteiger partial charge < -0.3 is 19.6 Å². The fourth-order valence-corrected chi connectivity index (χ4v) is 3.55. The molecule has 1 aliphatic rings. The van der Waals surface area contributed by atoms with Crippen LogP contribution in [0.1, 0.15) is 22.3 Å². The molecule has 1 N–H and O–H groups in total. The van der Waals surface area contributed by atoms with Crippen LogP contribution in [0.3, 0.4) is 0 Å². The molecular weight excluding hydrogens is 486 g/mol. The monoisotopic (exact) mass is 513 g/mol. The molecule has 1 aromatic carbocycles. The molecule has 3 rings (SSSR count). The number of hydrogen-bond acceptors (Lipinski definition) is 5. The summed E-state index contributed by atoms with van der Waals surface area (Å²) in [5.74, 6) is -3.69. The number of nitrogens with zero attached hydrogens (tertiary/aromatic N) is 3. The van der Waals surface area contributed by atoms with E-state index < -0.39 is 18.1 Å². The highest BCUT2D eigenvalue weighted by molar-refractivity contribution is 5.94. The number of rotatable bonds is 6. The lowest BCUT2D eigenvalue weighted by Crippen LogP contribution is -2.48. The quantitative estimate of drug-likeness (QED) is 0.471. The molecule has 0 aliphatic carbocycles. The molecule has 12 heteroatoms. The molecule has 1 fully saturated rings. The molecule has 0 bridgehead atoms. The smallest absolute Gasteiger partial charge is 0.475 e. The number of carboxylic acid groups (broad SMARTS) is 1. The molecule has 0 saturated carbocycles. The van der Waals surface area contributed by atoms with Gasteiger partial charge in [-0.2, -0.15) is 17.6 Å². The molecule has 0 spiro atoms. The molecule has 0 radical (unpaired) electrons. The van der Waals surface area contributed by atoms with E-state index in [0.717, 1.165) is 18.1 Å². The molecular formula is C24H27F4N3O5. The lowest BCUT2D eigenvalue weighted by Gasteiger charge is -2.38. The third-order valence-electron chi connectivity index (χ3n) is 5.43. The maximum absolute atomic E-state index is 13.4. The highest BCUT2D eigenvalue weighted by atomic mass is 19.4. The largest absolute Gasteiger partial charge is 0.490 e. The molecule has 2 aromatic rings. The number of carbonyl (C=O) groups is 3. The van der Waals surface area contributed by atoms with Crippen molar-refractivity contribution in [2.24, 2.45) is 5.92 Å². The second-order valence-electron chi connectivity index (χ2n) is 8.30. The molecule has 2 atom stereocenters. The summed E-state index contributed by atoms with van der Waals surface area (Å²) in [6, 6.07) is 12.7. The lowest BCUT2D eigenvalue weighted by atomic mass is 9.88. The summed E-state index contributed by atoms with van der Waals surface area (Å²) in [4.78, 5) is 40.4. The van der Waals surface area contributed by atoms with Crippen LogP contribution >= 0.6 is 0 Å². The number of likely N-dealkylation sites (tertiary alicyclic amines) is 1. The Morgan fingerprint density at radius 3 is 2.36 bits per heavy atom. The van der Waals surface area contributed by atoms with Crippen LogP contribution < -0.4 is 0 Å². The molecule has 8 nitrogen and oxygen atoms in total. The van der Waals surface area contributed by atoms with Gasteiger partial charge in [0.05, 0.1) is 6.10 Å². The first kappa shape index (κ1) is 28.7. The molecule has 36 heavy (non-hydrogen) atoms. The number of piperidine rings is 1. The number of carbonyl (C=O) groups excluding carboxylic acids is 2. The van der Waals surface area contributed by atoms with E-state index in [1.807, 2.05) is 30.3 Å². The van der Waals surface area contributed by atoms with E-state index in [4.69, 9.17) is 14.6 Å². The minimum Gasteiger partial charge on any atom is -0.475 e. The van der Waals surface area contributed by atoms with Gasteiger partial charge in [-0.1, -0.05) is 30.3 Å². The maximum Gasteiger partial charge on any atom is 0.490 e. The first-order chi connectivity index (χ1) is 16.9. The summed E-state index contributed by atoms with van der Waals surface area (Å²) in [6.45, 7) is 1.000. The first-order valence-corrected chi connectivity index (χ1v) is 10.9. The van der Waals surface area contributed by atoms with Gasteiger partial charge >= 0.3 is 12.1 Å². The molecule has 0 unspecified atom stereocenters.